The van der Waals surface area contributed by atoms with Crippen molar-refractivity contribution in [2.24, 2.45) is 4.99 Å². The van der Waals surface area contributed by atoms with Crippen LogP contribution in [0.5, 0.6) is 0 Å². The van der Waals surface area contributed by atoms with Gasteiger partial charge in [0, 0.05) is 11.2 Å². The topological polar surface area (TPSA) is 46.5 Å². The minimum Gasteiger partial charge on any atom is -0.463 e. The lowest BCUT2D eigenvalue weighted by Gasteiger charge is -2.20. The van der Waals surface area contributed by atoms with Crippen LogP contribution in [0.4, 0.5) is 0 Å². The molecule has 1 aromatic heterocycles. The molecule has 6 heteroatoms. The first-order chi connectivity index (χ1) is 10.7. The minimum atomic E-state index is -0.0442. The number of rotatable bonds is 4. The van der Waals surface area contributed by atoms with Crippen molar-refractivity contribution >= 4 is 29.2 Å². The average molecular weight is 336 g/mol. The maximum Gasteiger partial charge on any atom is 0.285 e. The Kier molecular flexibility index (Phi) is 4.80. The van der Waals surface area contributed by atoms with Crippen molar-refractivity contribution in [2.75, 3.05) is 13.2 Å². The fourth-order valence-corrected chi connectivity index (χ4v) is 2.73. The number of hydrogen-bond donors (Lipinski definition) is 1. The van der Waals surface area contributed by atoms with Crippen LogP contribution in [0.25, 0.3) is 0 Å². The van der Waals surface area contributed by atoms with E-state index in [9.17, 15) is 0 Å². The quantitative estimate of drug-likeness (QED) is 0.867. The van der Waals surface area contributed by atoms with Crippen molar-refractivity contribution in [2.45, 2.75) is 12.5 Å². The number of hydrogen-bond acceptors (Lipinski definition) is 4. The van der Waals surface area contributed by atoms with Crippen LogP contribution < -0.4 is 5.32 Å². The summed E-state index contributed by atoms with van der Waals surface area (Å²) >= 11 is 12.3. The third-order valence-electron chi connectivity index (χ3n) is 3.39. The molecule has 0 fully saturated rings. The van der Waals surface area contributed by atoms with E-state index in [2.05, 4.69) is 15.3 Å². The van der Waals surface area contributed by atoms with Gasteiger partial charge in [0.1, 0.15) is 11.8 Å². The second kappa shape index (κ2) is 6.99. The zero-order valence-corrected chi connectivity index (χ0v) is 13.3. The number of pyridine rings is 1. The van der Waals surface area contributed by atoms with E-state index in [0.29, 0.717) is 35.8 Å². The van der Waals surface area contributed by atoms with Crippen LogP contribution in [0.3, 0.4) is 0 Å². The van der Waals surface area contributed by atoms with Gasteiger partial charge >= 0.3 is 0 Å². The minimum absolute atomic E-state index is 0.0442. The van der Waals surface area contributed by atoms with Gasteiger partial charge in [-0.15, -0.1) is 0 Å². The number of nitrogens with zero attached hydrogens (tertiary/aromatic N) is 2. The second-order valence-corrected chi connectivity index (χ2v) is 5.74. The van der Waals surface area contributed by atoms with Gasteiger partial charge in [0.25, 0.3) is 6.02 Å². The molecule has 0 saturated heterocycles. The predicted molar refractivity (Wildman–Crippen MR) is 88.5 cm³/mol. The van der Waals surface area contributed by atoms with Crippen molar-refractivity contribution in [3.8, 4) is 0 Å². The van der Waals surface area contributed by atoms with Crippen molar-refractivity contribution in [3.05, 3.63) is 63.9 Å². The molecular formula is C16H15Cl2N3O. The van der Waals surface area contributed by atoms with Crippen LogP contribution in [0, 0.1) is 0 Å². The van der Waals surface area contributed by atoms with E-state index in [0.717, 1.165) is 11.1 Å². The third-order valence-corrected chi connectivity index (χ3v) is 3.97. The number of nitrogens with one attached hydrogen (secondary N) is 1. The van der Waals surface area contributed by atoms with E-state index in [1.165, 1.54) is 0 Å². The Morgan fingerprint density at radius 1 is 1.23 bits per heavy atom. The molecule has 22 heavy (non-hydrogen) atoms. The number of aromatic nitrogens is 1. The van der Waals surface area contributed by atoms with E-state index in [-0.39, 0.29) is 6.04 Å². The Hall–Kier alpha value is -1.78. The molecule has 3 rings (SSSR count). The van der Waals surface area contributed by atoms with Gasteiger partial charge in [-0.25, -0.2) is 9.98 Å². The first kappa shape index (κ1) is 15.1. The van der Waals surface area contributed by atoms with Crippen LogP contribution in [0.15, 0.2) is 47.6 Å². The Morgan fingerprint density at radius 2 is 2.14 bits per heavy atom. The molecule has 0 aliphatic carbocycles. The standard InChI is InChI=1S/C16H15Cl2N3O/c17-13-5-1-3-11(9-13)14(21-16-20-7-8-22-16)10-12-4-2-6-19-15(12)18/h1-6,9,14H,7-8,10H2,(H,20,21). The summed E-state index contributed by atoms with van der Waals surface area (Å²) in [6, 6.07) is 12.1. The molecule has 1 atom stereocenters. The lowest BCUT2D eigenvalue weighted by molar-refractivity contribution is 0.325. The van der Waals surface area contributed by atoms with Gasteiger partial charge in [-0.2, -0.15) is 0 Å². The maximum absolute atomic E-state index is 6.18. The smallest absolute Gasteiger partial charge is 0.285 e. The predicted octanol–water partition coefficient (Wildman–Crippen LogP) is 3.65. The monoisotopic (exact) mass is 335 g/mol. The normalized spacial score (nSPS) is 15.1. The highest BCUT2D eigenvalue weighted by Crippen LogP contribution is 2.24. The van der Waals surface area contributed by atoms with E-state index >= 15 is 0 Å². The van der Waals surface area contributed by atoms with Crippen molar-refractivity contribution in [1.82, 2.24) is 10.3 Å². The van der Waals surface area contributed by atoms with Gasteiger partial charge < -0.3 is 10.1 Å². The highest BCUT2D eigenvalue weighted by atomic mass is 35.5. The number of halogens is 2. The molecule has 0 saturated carbocycles. The molecular weight excluding hydrogens is 321 g/mol. The van der Waals surface area contributed by atoms with Gasteiger partial charge in [0.15, 0.2) is 0 Å². The largest absolute Gasteiger partial charge is 0.463 e. The van der Waals surface area contributed by atoms with Gasteiger partial charge in [-0.1, -0.05) is 41.4 Å². The zero-order valence-electron chi connectivity index (χ0n) is 11.8. The van der Waals surface area contributed by atoms with Crippen LogP contribution in [-0.2, 0) is 11.2 Å². The highest BCUT2D eigenvalue weighted by Gasteiger charge is 2.18. The van der Waals surface area contributed by atoms with Crippen molar-refractivity contribution < 1.29 is 4.74 Å². The molecule has 2 aromatic rings. The summed E-state index contributed by atoms with van der Waals surface area (Å²) in [6.45, 7) is 1.29. The summed E-state index contributed by atoms with van der Waals surface area (Å²) in [6.07, 6.45) is 2.34. The van der Waals surface area contributed by atoms with Crippen LogP contribution in [0.2, 0.25) is 10.2 Å². The molecule has 2 heterocycles. The molecule has 114 valence electrons. The Balaban J connectivity index is 1.87. The summed E-state index contributed by atoms with van der Waals surface area (Å²) < 4.78 is 5.46. The number of aliphatic imine (C=N–C) groups is 1. The summed E-state index contributed by atoms with van der Waals surface area (Å²) in [7, 11) is 0. The molecule has 0 spiro atoms. The first-order valence-corrected chi connectivity index (χ1v) is 7.76. The second-order valence-electron chi connectivity index (χ2n) is 4.94. The van der Waals surface area contributed by atoms with E-state index in [1.54, 1.807) is 6.20 Å². The maximum atomic E-state index is 6.18. The van der Waals surface area contributed by atoms with Gasteiger partial charge in [0.2, 0.25) is 0 Å². The summed E-state index contributed by atoms with van der Waals surface area (Å²) in [5.41, 5.74) is 2.01. The molecule has 1 aromatic carbocycles. The van der Waals surface area contributed by atoms with Gasteiger partial charge in [-0.05, 0) is 35.7 Å². The number of benzene rings is 1. The highest BCUT2D eigenvalue weighted by molar-refractivity contribution is 6.30. The first-order valence-electron chi connectivity index (χ1n) is 7.01. The third kappa shape index (κ3) is 3.70. The van der Waals surface area contributed by atoms with Gasteiger partial charge in [0.05, 0.1) is 12.6 Å². The average Bonchev–Trinajstić information content (AvgIpc) is 3.02. The summed E-state index contributed by atoms with van der Waals surface area (Å²) in [5, 5.41) is 4.51. The molecule has 0 radical (unpaired) electrons. The van der Waals surface area contributed by atoms with E-state index in [4.69, 9.17) is 27.9 Å². The Morgan fingerprint density at radius 3 is 2.86 bits per heavy atom. The summed E-state index contributed by atoms with van der Waals surface area (Å²) in [5.74, 6) is 0. The van der Waals surface area contributed by atoms with Crippen LogP contribution in [0.1, 0.15) is 17.2 Å². The van der Waals surface area contributed by atoms with Crippen LogP contribution >= 0.6 is 23.2 Å². The lowest BCUT2D eigenvalue weighted by Crippen LogP contribution is -2.30. The molecule has 0 amide bonds. The number of ether oxygens (including phenoxy) is 1. The van der Waals surface area contributed by atoms with E-state index in [1.807, 2.05) is 36.4 Å². The molecule has 1 aliphatic heterocycles. The molecule has 4 nitrogen and oxygen atoms in total. The zero-order chi connectivity index (χ0) is 15.4. The fourth-order valence-electron chi connectivity index (χ4n) is 2.34. The molecule has 1 aliphatic rings. The fraction of sp³-hybridized carbons (Fsp3) is 0.250. The van der Waals surface area contributed by atoms with Gasteiger partial charge in [-0.3, -0.25) is 0 Å². The Bertz CT molecular complexity index is 691. The van der Waals surface area contributed by atoms with Crippen molar-refractivity contribution in [1.29, 1.82) is 0 Å². The lowest BCUT2D eigenvalue weighted by atomic mass is 10.00. The molecule has 1 N–H and O–H groups in total. The SMILES string of the molecule is Clc1cccc(C(Cc2cccnc2Cl)NC2=NCCO2)c1. The van der Waals surface area contributed by atoms with Crippen molar-refractivity contribution in [3.63, 3.8) is 0 Å². The molecule has 1 unspecified atom stereocenters. The molecule has 0 bridgehead atoms. The Labute approximate surface area is 139 Å². The number of amidine groups is 1. The van der Waals surface area contributed by atoms with E-state index < -0.39 is 0 Å². The summed E-state index contributed by atoms with van der Waals surface area (Å²) in [4.78, 5) is 8.41. The van der Waals surface area contributed by atoms with Crippen LogP contribution in [-0.4, -0.2) is 24.2 Å².